The van der Waals surface area contributed by atoms with E-state index in [2.05, 4.69) is 18.9 Å². The molecule has 1 aromatic heterocycles. The molecule has 0 N–H and O–H groups in total. The van der Waals surface area contributed by atoms with Crippen LogP contribution in [-0.2, 0) is 0 Å². The maximum Gasteiger partial charge on any atom is 0.261 e. The van der Waals surface area contributed by atoms with Crippen LogP contribution in [0.4, 0.5) is 4.39 Å². The first kappa shape index (κ1) is 22.0. The van der Waals surface area contributed by atoms with Gasteiger partial charge in [-0.1, -0.05) is 12.1 Å². The smallest absolute Gasteiger partial charge is 0.261 e. The van der Waals surface area contributed by atoms with Gasteiger partial charge in [-0.05, 0) is 63.1 Å². The van der Waals surface area contributed by atoms with Gasteiger partial charge in [-0.25, -0.2) is 14.1 Å². The van der Waals surface area contributed by atoms with Crippen LogP contribution >= 0.6 is 0 Å². The van der Waals surface area contributed by atoms with Crippen LogP contribution in [0.2, 0.25) is 0 Å². The highest BCUT2D eigenvalue weighted by Crippen LogP contribution is 2.40. The maximum absolute atomic E-state index is 13.5. The van der Waals surface area contributed by atoms with Gasteiger partial charge in [0.05, 0.1) is 24.0 Å². The number of hydrogen-bond donors (Lipinski definition) is 0. The number of amides is 2. The highest BCUT2D eigenvalue weighted by molar-refractivity contribution is 6.21. The number of ether oxygens (including phenoxy) is 1. The van der Waals surface area contributed by atoms with Gasteiger partial charge in [0.1, 0.15) is 18.2 Å². The molecule has 8 heteroatoms. The number of rotatable bonds is 8. The molecule has 2 aliphatic rings. The van der Waals surface area contributed by atoms with Crippen molar-refractivity contribution in [2.24, 2.45) is 0 Å². The summed E-state index contributed by atoms with van der Waals surface area (Å²) >= 11 is 0. The van der Waals surface area contributed by atoms with Crippen molar-refractivity contribution in [2.75, 3.05) is 13.2 Å². The summed E-state index contributed by atoms with van der Waals surface area (Å²) in [6.07, 6.45) is 2.70. The van der Waals surface area contributed by atoms with E-state index >= 15 is 0 Å². The second kappa shape index (κ2) is 8.85. The Morgan fingerprint density at radius 3 is 2.29 bits per heavy atom. The lowest BCUT2D eigenvalue weighted by molar-refractivity contribution is 0.0664. The average molecular weight is 461 g/mol. The predicted molar refractivity (Wildman–Crippen MR) is 124 cm³/mol. The van der Waals surface area contributed by atoms with Crippen molar-refractivity contribution in [3.05, 3.63) is 77.4 Å². The topological polar surface area (TPSA) is 77.3 Å². The van der Waals surface area contributed by atoms with Gasteiger partial charge in [-0.2, -0.15) is 5.10 Å². The molecule has 1 aliphatic carbocycles. The first-order valence-electron chi connectivity index (χ1n) is 11.4. The molecule has 34 heavy (non-hydrogen) atoms. The molecular formula is C26H25FN4O3. The zero-order valence-corrected chi connectivity index (χ0v) is 19.1. The third-order valence-corrected chi connectivity index (χ3v) is 6.02. The van der Waals surface area contributed by atoms with Crippen LogP contribution in [0.5, 0.6) is 5.75 Å². The molecule has 0 bridgehead atoms. The van der Waals surface area contributed by atoms with Crippen molar-refractivity contribution in [3.8, 4) is 17.1 Å². The average Bonchev–Trinajstić information content (AvgIpc) is 3.56. The summed E-state index contributed by atoms with van der Waals surface area (Å²) in [5.41, 5.74) is 1.73. The molecule has 174 valence electrons. The zero-order chi connectivity index (χ0) is 23.8. The summed E-state index contributed by atoms with van der Waals surface area (Å²) in [7, 11) is 0. The number of benzene rings is 2. The summed E-state index contributed by atoms with van der Waals surface area (Å²) in [4.78, 5) is 30.8. The molecule has 1 saturated carbocycles. The molecule has 2 amide bonds. The third-order valence-electron chi connectivity index (χ3n) is 6.02. The molecule has 0 radical (unpaired) electrons. The number of hydrogen-bond acceptors (Lipinski definition) is 5. The third kappa shape index (κ3) is 4.11. The standard InChI is InChI=1S/C26H25FN4O3/c1-16(2)31-24(19-7-8-19)28-23(29-31)18-9-11-20(12-10-18)34-15-17(13-27)14-30-25(32)21-5-3-4-6-22(21)26(30)33/h3-6,9-13,16,19H,7-8,14-15H2,1-2H3/b17-13+. The molecule has 2 aromatic carbocycles. The summed E-state index contributed by atoms with van der Waals surface area (Å²) in [5, 5.41) is 4.68. The fourth-order valence-electron chi connectivity index (χ4n) is 4.03. The lowest BCUT2D eigenvalue weighted by Gasteiger charge is -2.16. The van der Waals surface area contributed by atoms with Crippen molar-refractivity contribution in [3.63, 3.8) is 0 Å². The van der Waals surface area contributed by atoms with Crippen molar-refractivity contribution in [1.82, 2.24) is 19.7 Å². The summed E-state index contributed by atoms with van der Waals surface area (Å²) in [6, 6.07) is 14.1. The second-order valence-corrected chi connectivity index (χ2v) is 8.93. The lowest BCUT2D eigenvalue weighted by atomic mass is 10.1. The molecule has 3 aromatic rings. The number of nitrogens with zero attached hydrogens (tertiary/aromatic N) is 4. The highest BCUT2D eigenvalue weighted by atomic mass is 19.1. The number of halogens is 1. The Labute approximate surface area is 196 Å². The largest absolute Gasteiger partial charge is 0.489 e. The van der Waals surface area contributed by atoms with Gasteiger partial charge in [0.2, 0.25) is 0 Å². The Morgan fingerprint density at radius 1 is 1.09 bits per heavy atom. The van der Waals surface area contributed by atoms with E-state index in [1.165, 1.54) is 0 Å². The van der Waals surface area contributed by atoms with Gasteiger partial charge in [0.25, 0.3) is 11.8 Å². The van der Waals surface area contributed by atoms with E-state index in [0.29, 0.717) is 34.9 Å². The monoisotopic (exact) mass is 460 g/mol. The number of carbonyl (C=O) groups excluding carboxylic acids is 2. The van der Waals surface area contributed by atoms with Crippen LogP contribution in [0.25, 0.3) is 11.4 Å². The van der Waals surface area contributed by atoms with Crippen molar-refractivity contribution < 1.29 is 18.7 Å². The molecule has 0 unspecified atom stereocenters. The molecule has 7 nitrogen and oxygen atoms in total. The number of carbonyl (C=O) groups is 2. The number of fused-ring (bicyclic) bond motifs is 1. The van der Waals surface area contributed by atoms with E-state index in [1.807, 2.05) is 16.8 Å². The summed E-state index contributed by atoms with van der Waals surface area (Å²) < 4.78 is 21.3. The van der Waals surface area contributed by atoms with Crippen molar-refractivity contribution in [1.29, 1.82) is 0 Å². The maximum atomic E-state index is 13.5. The molecule has 1 aliphatic heterocycles. The van der Waals surface area contributed by atoms with E-state index < -0.39 is 11.8 Å². The van der Waals surface area contributed by atoms with Crippen molar-refractivity contribution >= 4 is 11.8 Å². The van der Waals surface area contributed by atoms with E-state index in [4.69, 9.17) is 9.72 Å². The fourth-order valence-corrected chi connectivity index (χ4v) is 4.03. The SMILES string of the molecule is CC(C)n1nc(-c2ccc(OC/C(=C/F)CN3C(=O)c4ccccc4C3=O)cc2)nc1C1CC1. The minimum atomic E-state index is -0.428. The van der Waals surface area contributed by atoms with Gasteiger partial charge >= 0.3 is 0 Å². The molecule has 1 fully saturated rings. The quantitative estimate of drug-likeness (QED) is 0.446. The number of aromatic nitrogens is 3. The Balaban J connectivity index is 1.23. The van der Waals surface area contributed by atoms with Gasteiger partial charge in [0, 0.05) is 23.1 Å². The minimum absolute atomic E-state index is 0.0880. The summed E-state index contributed by atoms with van der Waals surface area (Å²) in [5.74, 6) is 1.90. The van der Waals surface area contributed by atoms with Gasteiger partial charge in [-0.3, -0.25) is 14.5 Å². The molecule has 0 spiro atoms. The highest BCUT2D eigenvalue weighted by Gasteiger charge is 2.35. The van der Waals surface area contributed by atoms with Crippen molar-refractivity contribution in [2.45, 2.75) is 38.6 Å². The van der Waals surface area contributed by atoms with Gasteiger partial charge in [0.15, 0.2) is 5.82 Å². The summed E-state index contributed by atoms with van der Waals surface area (Å²) in [6.45, 7) is 3.94. The molecule has 5 rings (SSSR count). The van der Waals surface area contributed by atoms with Gasteiger partial charge in [-0.15, -0.1) is 0 Å². The Bertz CT molecular complexity index is 1220. The fraction of sp³-hybridized carbons (Fsp3) is 0.308. The first-order valence-corrected chi connectivity index (χ1v) is 11.4. The van der Waals surface area contributed by atoms with Crippen LogP contribution in [0.1, 0.15) is 65.2 Å². The normalized spacial score (nSPS) is 15.9. The lowest BCUT2D eigenvalue weighted by Crippen LogP contribution is -2.32. The minimum Gasteiger partial charge on any atom is -0.489 e. The Kier molecular flexibility index (Phi) is 5.73. The first-order chi connectivity index (χ1) is 16.5. The van der Waals surface area contributed by atoms with Gasteiger partial charge < -0.3 is 4.74 Å². The van der Waals surface area contributed by atoms with Crippen LogP contribution in [0, 0.1) is 0 Å². The predicted octanol–water partition coefficient (Wildman–Crippen LogP) is 4.93. The van der Waals surface area contributed by atoms with E-state index in [-0.39, 0.29) is 24.8 Å². The molecular weight excluding hydrogens is 435 g/mol. The molecule has 2 heterocycles. The van der Waals surface area contributed by atoms with Crippen LogP contribution in [0.3, 0.4) is 0 Å². The zero-order valence-electron chi connectivity index (χ0n) is 19.1. The van der Waals surface area contributed by atoms with E-state index in [1.54, 1.807) is 36.4 Å². The van der Waals surface area contributed by atoms with E-state index in [9.17, 15) is 14.0 Å². The van der Waals surface area contributed by atoms with E-state index in [0.717, 1.165) is 29.1 Å². The Hall–Kier alpha value is -3.81. The second-order valence-electron chi connectivity index (χ2n) is 8.93. The van der Waals surface area contributed by atoms with Crippen LogP contribution < -0.4 is 4.74 Å². The van der Waals surface area contributed by atoms with Crippen LogP contribution in [-0.4, -0.2) is 44.6 Å². The van der Waals surface area contributed by atoms with Crippen LogP contribution in [0.15, 0.2) is 60.4 Å². The Morgan fingerprint density at radius 2 is 1.74 bits per heavy atom. The number of imide groups is 1. The molecule has 0 atom stereocenters. The molecule has 0 saturated heterocycles.